The number of anilines is 1. The summed E-state index contributed by atoms with van der Waals surface area (Å²) < 4.78 is 4.80. The first-order valence-corrected chi connectivity index (χ1v) is 5.37. The molecule has 0 aliphatic carbocycles. The molecule has 0 bridgehead atoms. The molecule has 1 atom stereocenters. The van der Waals surface area contributed by atoms with Crippen molar-refractivity contribution in [3.05, 3.63) is 28.7 Å². The molecule has 7 heteroatoms. The van der Waals surface area contributed by atoms with Gasteiger partial charge in [0.2, 0.25) is 5.91 Å². The number of carbonyl (C=O) groups excluding carboxylic acids is 1. The van der Waals surface area contributed by atoms with Crippen molar-refractivity contribution >= 4 is 22.6 Å². The highest BCUT2D eigenvalue weighted by molar-refractivity contribution is 5.96. The molecule has 2 aromatic rings. The maximum atomic E-state index is 11.6. The van der Waals surface area contributed by atoms with Crippen LogP contribution in [0.5, 0.6) is 0 Å². The van der Waals surface area contributed by atoms with Gasteiger partial charge in [0.25, 0.3) is 0 Å². The summed E-state index contributed by atoms with van der Waals surface area (Å²) in [5, 5.41) is 2.65. The highest BCUT2D eigenvalue weighted by atomic mass is 16.5. The molecule has 1 amide bonds. The third kappa shape index (κ3) is 2.58. The number of ether oxygens (including phenoxy) is 1. The Morgan fingerprint density at radius 1 is 1.44 bits per heavy atom. The van der Waals surface area contributed by atoms with E-state index in [9.17, 15) is 9.59 Å². The fourth-order valence-electron chi connectivity index (χ4n) is 1.60. The summed E-state index contributed by atoms with van der Waals surface area (Å²) in [7, 11) is 1.48. The van der Waals surface area contributed by atoms with E-state index >= 15 is 0 Å². The number of aromatic nitrogens is 2. The van der Waals surface area contributed by atoms with Crippen molar-refractivity contribution in [1.82, 2.24) is 9.97 Å². The van der Waals surface area contributed by atoms with E-state index in [1.165, 1.54) is 7.11 Å². The molecule has 96 valence electrons. The SMILES string of the molecule is COCC(N)C(=O)Nc1ccc2[nH]c(=O)[nH]c2c1. The number of hydrogen-bond acceptors (Lipinski definition) is 4. The average molecular weight is 250 g/mol. The number of methoxy groups -OCH3 is 1. The number of amides is 1. The largest absolute Gasteiger partial charge is 0.383 e. The number of carbonyl (C=O) groups is 1. The Kier molecular flexibility index (Phi) is 3.45. The normalized spacial score (nSPS) is 12.6. The van der Waals surface area contributed by atoms with Gasteiger partial charge in [0, 0.05) is 12.8 Å². The lowest BCUT2D eigenvalue weighted by atomic mass is 10.2. The van der Waals surface area contributed by atoms with Gasteiger partial charge in [0.05, 0.1) is 17.6 Å². The number of imidazole rings is 1. The molecule has 1 unspecified atom stereocenters. The van der Waals surface area contributed by atoms with Crippen LogP contribution >= 0.6 is 0 Å². The number of hydrogen-bond donors (Lipinski definition) is 4. The van der Waals surface area contributed by atoms with E-state index in [4.69, 9.17) is 10.5 Å². The Morgan fingerprint density at radius 3 is 2.89 bits per heavy atom. The quantitative estimate of drug-likeness (QED) is 0.600. The lowest BCUT2D eigenvalue weighted by molar-refractivity contribution is -0.118. The van der Waals surface area contributed by atoms with Crippen LogP contribution in [-0.4, -0.2) is 35.6 Å². The number of fused-ring (bicyclic) bond motifs is 1. The van der Waals surface area contributed by atoms with Crippen LogP contribution in [0.1, 0.15) is 0 Å². The summed E-state index contributed by atoms with van der Waals surface area (Å²) in [6, 6.07) is 4.31. The number of H-pyrrole nitrogens is 2. The summed E-state index contributed by atoms with van der Waals surface area (Å²) in [6.45, 7) is 0.148. The molecular formula is C11H14N4O3. The topological polar surface area (TPSA) is 113 Å². The zero-order valence-electron chi connectivity index (χ0n) is 9.82. The van der Waals surface area contributed by atoms with Crippen LogP contribution < -0.4 is 16.7 Å². The van der Waals surface area contributed by atoms with Gasteiger partial charge in [0.15, 0.2) is 0 Å². The Hall–Kier alpha value is -2.12. The van der Waals surface area contributed by atoms with Crippen molar-refractivity contribution in [1.29, 1.82) is 0 Å². The van der Waals surface area contributed by atoms with Crippen LogP contribution in [0.25, 0.3) is 11.0 Å². The second-order valence-corrected chi connectivity index (χ2v) is 3.89. The smallest absolute Gasteiger partial charge is 0.323 e. The highest BCUT2D eigenvalue weighted by Gasteiger charge is 2.13. The van der Waals surface area contributed by atoms with Crippen molar-refractivity contribution < 1.29 is 9.53 Å². The molecule has 1 heterocycles. The van der Waals surface area contributed by atoms with Gasteiger partial charge in [0.1, 0.15) is 6.04 Å². The molecule has 0 spiro atoms. The van der Waals surface area contributed by atoms with Crippen molar-refractivity contribution in [2.75, 3.05) is 19.0 Å². The van der Waals surface area contributed by atoms with Crippen LogP contribution in [-0.2, 0) is 9.53 Å². The molecule has 0 fully saturated rings. The maximum absolute atomic E-state index is 11.6. The van der Waals surface area contributed by atoms with Crippen molar-refractivity contribution in [3.8, 4) is 0 Å². The molecule has 0 radical (unpaired) electrons. The van der Waals surface area contributed by atoms with E-state index in [2.05, 4.69) is 15.3 Å². The molecule has 7 nitrogen and oxygen atoms in total. The number of nitrogens with two attached hydrogens (primary N) is 1. The van der Waals surface area contributed by atoms with E-state index < -0.39 is 6.04 Å². The van der Waals surface area contributed by atoms with Crippen LogP contribution in [0.4, 0.5) is 5.69 Å². The number of nitrogens with one attached hydrogen (secondary N) is 3. The lowest BCUT2D eigenvalue weighted by Crippen LogP contribution is -2.39. The van der Waals surface area contributed by atoms with Gasteiger partial charge in [-0.25, -0.2) is 4.79 Å². The standard InChI is InChI=1S/C11H14N4O3/c1-18-5-7(12)10(16)13-6-2-3-8-9(4-6)15-11(17)14-8/h2-4,7H,5,12H2,1H3,(H,13,16)(H2,14,15,17). The first-order chi connectivity index (χ1) is 8.60. The predicted octanol–water partition coefficient (Wildman–Crippen LogP) is -0.232. The zero-order valence-corrected chi connectivity index (χ0v) is 9.82. The second-order valence-electron chi connectivity index (χ2n) is 3.89. The van der Waals surface area contributed by atoms with Crippen LogP contribution in [0, 0.1) is 0 Å². The first kappa shape index (κ1) is 12.3. The summed E-state index contributed by atoms with van der Waals surface area (Å²) in [6.07, 6.45) is 0. The third-order valence-corrected chi connectivity index (χ3v) is 2.47. The lowest BCUT2D eigenvalue weighted by Gasteiger charge is -2.11. The molecule has 2 rings (SSSR count). The van der Waals surface area contributed by atoms with Crippen LogP contribution in [0.2, 0.25) is 0 Å². The molecule has 1 aromatic carbocycles. The van der Waals surface area contributed by atoms with Crippen LogP contribution in [0.15, 0.2) is 23.0 Å². The summed E-state index contributed by atoms with van der Waals surface area (Å²) >= 11 is 0. The Balaban J connectivity index is 2.16. The van der Waals surface area contributed by atoms with Gasteiger partial charge < -0.3 is 25.8 Å². The zero-order chi connectivity index (χ0) is 13.1. The van der Waals surface area contributed by atoms with Crippen molar-refractivity contribution in [3.63, 3.8) is 0 Å². The molecule has 0 saturated heterocycles. The van der Waals surface area contributed by atoms with Gasteiger partial charge in [-0.1, -0.05) is 0 Å². The van der Waals surface area contributed by atoms with Gasteiger partial charge in [-0.3, -0.25) is 4.79 Å². The van der Waals surface area contributed by atoms with E-state index in [1.807, 2.05) is 0 Å². The summed E-state index contributed by atoms with van der Waals surface area (Å²) in [5.74, 6) is -0.339. The van der Waals surface area contributed by atoms with Gasteiger partial charge >= 0.3 is 5.69 Å². The fraction of sp³-hybridized carbons (Fsp3) is 0.273. The Bertz CT molecular complexity index is 616. The van der Waals surface area contributed by atoms with E-state index in [0.717, 1.165) is 0 Å². The van der Waals surface area contributed by atoms with Crippen LogP contribution in [0.3, 0.4) is 0 Å². The molecule has 1 aromatic heterocycles. The number of benzene rings is 1. The number of aromatic amines is 2. The first-order valence-electron chi connectivity index (χ1n) is 5.37. The average Bonchev–Trinajstić information content (AvgIpc) is 2.68. The number of rotatable bonds is 4. The Morgan fingerprint density at radius 2 is 2.17 bits per heavy atom. The minimum Gasteiger partial charge on any atom is -0.383 e. The third-order valence-electron chi connectivity index (χ3n) is 2.47. The van der Waals surface area contributed by atoms with Gasteiger partial charge in [-0.05, 0) is 18.2 Å². The molecule has 5 N–H and O–H groups in total. The fourth-order valence-corrected chi connectivity index (χ4v) is 1.60. The van der Waals surface area contributed by atoms with E-state index in [1.54, 1.807) is 18.2 Å². The molecule has 0 aliphatic rings. The molecule has 0 saturated carbocycles. The van der Waals surface area contributed by atoms with Gasteiger partial charge in [-0.2, -0.15) is 0 Å². The van der Waals surface area contributed by atoms with Crippen molar-refractivity contribution in [2.24, 2.45) is 5.73 Å². The maximum Gasteiger partial charge on any atom is 0.323 e. The minimum atomic E-state index is -0.726. The predicted molar refractivity (Wildman–Crippen MR) is 67.4 cm³/mol. The summed E-state index contributed by atoms with van der Waals surface area (Å²) in [5.41, 5.74) is 7.17. The van der Waals surface area contributed by atoms with Crippen molar-refractivity contribution in [2.45, 2.75) is 6.04 Å². The monoisotopic (exact) mass is 250 g/mol. The van der Waals surface area contributed by atoms with Gasteiger partial charge in [-0.15, -0.1) is 0 Å². The summed E-state index contributed by atoms with van der Waals surface area (Å²) in [4.78, 5) is 28.0. The Labute approximate surface area is 102 Å². The van der Waals surface area contributed by atoms with E-state index in [0.29, 0.717) is 16.7 Å². The molecule has 0 aliphatic heterocycles. The highest BCUT2D eigenvalue weighted by Crippen LogP contribution is 2.14. The second kappa shape index (κ2) is 5.03. The minimum absolute atomic E-state index is 0.148. The van der Waals surface area contributed by atoms with E-state index in [-0.39, 0.29) is 18.2 Å². The molecule has 18 heavy (non-hydrogen) atoms. The molecular weight excluding hydrogens is 236 g/mol.